The average molecular weight is 503 g/mol. The molecule has 0 atom stereocenters. The molecular weight excluding hydrogens is 480 g/mol. The molecular formula is C32H22O6. The number of ether oxygens (including phenoxy) is 3. The molecule has 0 fully saturated rings. The van der Waals surface area contributed by atoms with E-state index in [-0.39, 0.29) is 22.9 Å². The third-order valence-electron chi connectivity index (χ3n) is 6.46. The molecule has 0 radical (unpaired) electrons. The van der Waals surface area contributed by atoms with Crippen LogP contribution < -0.4 is 14.2 Å². The summed E-state index contributed by atoms with van der Waals surface area (Å²) in [7, 11) is 1.56. The Balaban J connectivity index is 1.34. The van der Waals surface area contributed by atoms with E-state index in [0.717, 1.165) is 16.7 Å². The smallest absolute Gasteiger partial charge is 0.348 e. The summed E-state index contributed by atoms with van der Waals surface area (Å²) in [6.07, 6.45) is 1.72. The summed E-state index contributed by atoms with van der Waals surface area (Å²) in [6, 6.07) is 27.1. The molecule has 38 heavy (non-hydrogen) atoms. The van der Waals surface area contributed by atoms with E-state index in [0.29, 0.717) is 33.8 Å². The maximum absolute atomic E-state index is 13.5. The van der Waals surface area contributed by atoms with Crippen LogP contribution in [-0.2, 0) is 0 Å². The molecule has 0 unspecified atom stereocenters. The molecule has 2 heterocycles. The Morgan fingerprint density at radius 2 is 1.63 bits per heavy atom. The van der Waals surface area contributed by atoms with Crippen LogP contribution in [0.15, 0.2) is 101 Å². The SMILES string of the molecule is COc1ccc2oc(-c3ccccc3)c(C(=O)Oc3ccc4c(c3)O/C(=C\c3ccccc3C)C4=O)c2c1. The first kappa shape index (κ1) is 23.3. The van der Waals surface area contributed by atoms with E-state index >= 15 is 0 Å². The number of Topliss-reactive ketones (excluding diaryl/α,β-unsaturated/α-hetero) is 1. The van der Waals surface area contributed by atoms with Crippen molar-refractivity contribution in [2.45, 2.75) is 6.92 Å². The lowest BCUT2D eigenvalue weighted by atomic mass is 10.1. The van der Waals surface area contributed by atoms with Gasteiger partial charge in [-0.3, -0.25) is 4.79 Å². The summed E-state index contributed by atoms with van der Waals surface area (Å²) in [4.78, 5) is 26.5. The van der Waals surface area contributed by atoms with Gasteiger partial charge in [-0.25, -0.2) is 4.79 Å². The van der Waals surface area contributed by atoms with E-state index in [4.69, 9.17) is 18.6 Å². The second-order valence-corrected chi connectivity index (χ2v) is 8.88. The number of ketones is 1. The van der Waals surface area contributed by atoms with Gasteiger partial charge in [0.1, 0.15) is 34.2 Å². The molecule has 6 heteroatoms. The second-order valence-electron chi connectivity index (χ2n) is 8.88. The molecule has 1 aliphatic heterocycles. The predicted molar refractivity (Wildman–Crippen MR) is 144 cm³/mol. The highest BCUT2D eigenvalue weighted by molar-refractivity contribution is 6.15. The highest BCUT2D eigenvalue weighted by Gasteiger charge is 2.29. The summed E-state index contributed by atoms with van der Waals surface area (Å²) in [6.45, 7) is 1.97. The summed E-state index contributed by atoms with van der Waals surface area (Å²) < 4.78 is 23.1. The van der Waals surface area contributed by atoms with Gasteiger partial charge < -0.3 is 18.6 Å². The lowest BCUT2D eigenvalue weighted by Gasteiger charge is -2.07. The maximum Gasteiger partial charge on any atom is 0.348 e. The quantitative estimate of drug-likeness (QED) is 0.143. The Morgan fingerprint density at radius 1 is 0.868 bits per heavy atom. The number of esters is 1. The monoisotopic (exact) mass is 502 g/mol. The van der Waals surface area contributed by atoms with Crippen LogP contribution in [0.3, 0.4) is 0 Å². The summed E-state index contributed by atoms with van der Waals surface area (Å²) in [5.41, 5.74) is 3.89. The Morgan fingerprint density at radius 3 is 2.42 bits per heavy atom. The van der Waals surface area contributed by atoms with Gasteiger partial charge >= 0.3 is 5.97 Å². The molecule has 0 aliphatic carbocycles. The molecule has 0 N–H and O–H groups in total. The predicted octanol–water partition coefficient (Wildman–Crippen LogP) is 7.25. The number of furan rings is 1. The number of benzene rings is 4. The highest BCUT2D eigenvalue weighted by Crippen LogP contribution is 2.38. The number of methoxy groups -OCH3 is 1. The Bertz CT molecular complexity index is 1740. The Hall–Kier alpha value is -5.10. The van der Waals surface area contributed by atoms with Crippen molar-refractivity contribution in [3.8, 4) is 28.6 Å². The van der Waals surface area contributed by atoms with Crippen LogP contribution in [0, 0.1) is 6.92 Å². The second kappa shape index (κ2) is 9.41. The number of carbonyl (C=O) groups excluding carboxylic acids is 2. The van der Waals surface area contributed by atoms with Gasteiger partial charge in [-0.05, 0) is 54.5 Å². The van der Waals surface area contributed by atoms with Crippen LogP contribution in [0.1, 0.15) is 31.8 Å². The van der Waals surface area contributed by atoms with Crippen molar-refractivity contribution in [1.82, 2.24) is 0 Å². The lowest BCUT2D eigenvalue weighted by molar-refractivity contribution is 0.0736. The first-order chi connectivity index (χ1) is 18.5. The van der Waals surface area contributed by atoms with Gasteiger partial charge in [0.25, 0.3) is 0 Å². The fraction of sp³-hybridized carbons (Fsp3) is 0.0625. The van der Waals surface area contributed by atoms with Crippen molar-refractivity contribution in [3.05, 3.63) is 119 Å². The number of carbonyl (C=O) groups is 2. The lowest BCUT2D eigenvalue weighted by Crippen LogP contribution is -2.09. The minimum absolute atomic E-state index is 0.220. The van der Waals surface area contributed by atoms with Crippen LogP contribution >= 0.6 is 0 Å². The minimum Gasteiger partial charge on any atom is -0.497 e. The van der Waals surface area contributed by atoms with Gasteiger partial charge in [-0.15, -0.1) is 0 Å². The molecule has 4 aromatic carbocycles. The minimum atomic E-state index is -0.601. The first-order valence-electron chi connectivity index (χ1n) is 12.0. The van der Waals surface area contributed by atoms with Gasteiger partial charge in [0, 0.05) is 17.0 Å². The topological polar surface area (TPSA) is 75.0 Å². The summed E-state index contributed by atoms with van der Waals surface area (Å²) in [5.74, 6) is 0.963. The molecule has 1 aromatic heterocycles. The Kier molecular flexibility index (Phi) is 5.77. The van der Waals surface area contributed by atoms with E-state index in [1.165, 1.54) is 0 Å². The third kappa shape index (κ3) is 4.12. The standard InChI is InChI=1S/C32H22O6/c1-19-8-6-7-11-21(19)16-28-30(33)24-14-12-23(18-27(24)37-28)36-32(34)29-25-17-22(35-2)13-15-26(25)38-31(29)20-9-4-3-5-10-20/h3-18H,1-2H3/b28-16-. The largest absolute Gasteiger partial charge is 0.497 e. The zero-order valence-corrected chi connectivity index (χ0v) is 20.7. The number of fused-ring (bicyclic) bond motifs is 2. The van der Waals surface area contributed by atoms with Crippen molar-refractivity contribution in [2.75, 3.05) is 7.11 Å². The summed E-state index contributed by atoms with van der Waals surface area (Å²) >= 11 is 0. The maximum atomic E-state index is 13.5. The van der Waals surface area contributed by atoms with E-state index in [9.17, 15) is 9.59 Å². The van der Waals surface area contributed by atoms with Gasteiger partial charge in [-0.2, -0.15) is 0 Å². The van der Waals surface area contributed by atoms with E-state index in [2.05, 4.69) is 0 Å². The third-order valence-corrected chi connectivity index (χ3v) is 6.46. The van der Waals surface area contributed by atoms with Gasteiger partial charge in [0.15, 0.2) is 5.76 Å². The van der Waals surface area contributed by atoms with Crippen molar-refractivity contribution in [3.63, 3.8) is 0 Å². The van der Waals surface area contributed by atoms with Crippen LogP contribution in [0.2, 0.25) is 0 Å². The van der Waals surface area contributed by atoms with Crippen molar-refractivity contribution in [1.29, 1.82) is 0 Å². The van der Waals surface area contributed by atoms with Gasteiger partial charge in [-0.1, -0.05) is 54.6 Å². The Labute approximate surface area is 218 Å². The number of hydrogen-bond acceptors (Lipinski definition) is 6. The zero-order valence-electron chi connectivity index (χ0n) is 20.7. The van der Waals surface area contributed by atoms with Gasteiger partial charge in [0.2, 0.25) is 5.78 Å². The van der Waals surface area contributed by atoms with Crippen molar-refractivity contribution >= 4 is 28.8 Å². The molecule has 5 aromatic rings. The molecule has 6 nitrogen and oxygen atoms in total. The number of hydrogen-bond donors (Lipinski definition) is 0. The molecule has 0 saturated heterocycles. The van der Waals surface area contributed by atoms with E-state index in [1.807, 2.05) is 61.5 Å². The van der Waals surface area contributed by atoms with Crippen molar-refractivity contribution in [2.24, 2.45) is 0 Å². The molecule has 0 amide bonds. The van der Waals surface area contributed by atoms with Gasteiger partial charge in [0.05, 0.1) is 12.7 Å². The van der Waals surface area contributed by atoms with Crippen molar-refractivity contribution < 1.29 is 28.2 Å². The average Bonchev–Trinajstić information content (AvgIpc) is 3.47. The van der Waals surface area contributed by atoms with Crippen LogP contribution in [0.5, 0.6) is 17.2 Å². The molecule has 0 bridgehead atoms. The van der Waals surface area contributed by atoms with E-state index < -0.39 is 5.97 Å². The molecule has 186 valence electrons. The summed E-state index contributed by atoms with van der Waals surface area (Å²) in [5, 5.41) is 0.573. The molecule has 0 saturated carbocycles. The number of rotatable bonds is 5. The van der Waals surface area contributed by atoms with Crippen LogP contribution in [0.4, 0.5) is 0 Å². The molecule has 6 rings (SSSR count). The molecule has 1 aliphatic rings. The fourth-order valence-corrected chi connectivity index (χ4v) is 4.48. The number of aryl methyl sites for hydroxylation is 1. The van der Waals surface area contributed by atoms with Crippen LogP contribution in [-0.4, -0.2) is 18.9 Å². The fourth-order valence-electron chi connectivity index (χ4n) is 4.48. The van der Waals surface area contributed by atoms with Crippen LogP contribution in [0.25, 0.3) is 28.4 Å². The normalized spacial score (nSPS) is 13.4. The highest BCUT2D eigenvalue weighted by atomic mass is 16.5. The van der Waals surface area contributed by atoms with E-state index in [1.54, 1.807) is 49.6 Å². The first-order valence-corrected chi connectivity index (χ1v) is 12.0. The molecule has 0 spiro atoms. The number of allylic oxidation sites excluding steroid dienone is 1. The zero-order chi connectivity index (χ0) is 26.2.